The van der Waals surface area contributed by atoms with E-state index in [-0.39, 0.29) is 42.1 Å². The van der Waals surface area contributed by atoms with Gasteiger partial charge in [-0.25, -0.2) is 4.68 Å². The number of amides is 1. The van der Waals surface area contributed by atoms with Crippen LogP contribution < -0.4 is 21.2 Å². The highest BCUT2D eigenvalue weighted by molar-refractivity contribution is 5.80. The van der Waals surface area contributed by atoms with E-state index in [1.807, 2.05) is 0 Å². The first kappa shape index (κ1) is 19.3. The summed E-state index contributed by atoms with van der Waals surface area (Å²) < 4.78 is 29.6. The number of carbonyl (C=O) groups excluding carboxylic acids is 1. The Morgan fingerprint density at radius 2 is 1.75 bits per heavy atom. The number of carbonyl (C=O) groups is 1. The second kappa shape index (κ2) is 8.47. The highest BCUT2D eigenvalue weighted by Crippen LogP contribution is 2.14. The van der Waals surface area contributed by atoms with Crippen LogP contribution in [0.1, 0.15) is 12.0 Å². The number of aromatic amines is 1. The van der Waals surface area contributed by atoms with E-state index in [4.69, 9.17) is 0 Å². The summed E-state index contributed by atoms with van der Waals surface area (Å²) in [5.41, 5.74) is -0.0782. The number of hydrogen-bond donors (Lipinski definition) is 2. The first-order valence-electron chi connectivity index (χ1n) is 8.46. The summed E-state index contributed by atoms with van der Waals surface area (Å²) in [4.78, 5) is 36.4. The van der Waals surface area contributed by atoms with Crippen molar-refractivity contribution in [3.63, 3.8) is 0 Å². The van der Waals surface area contributed by atoms with Crippen LogP contribution in [-0.2, 0) is 17.9 Å². The number of benzene rings is 2. The van der Waals surface area contributed by atoms with Crippen molar-refractivity contribution in [2.75, 3.05) is 0 Å². The van der Waals surface area contributed by atoms with Gasteiger partial charge in [-0.2, -0.15) is 8.78 Å². The zero-order valence-electron chi connectivity index (χ0n) is 14.7. The lowest BCUT2D eigenvalue weighted by Crippen LogP contribution is -2.32. The molecule has 0 spiro atoms. The number of nitrogens with zero attached hydrogens (tertiary/aromatic N) is 1. The summed E-state index contributed by atoms with van der Waals surface area (Å²) in [5, 5.41) is 5.72. The van der Waals surface area contributed by atoms with E-state index in [1.165, 1.54) is 12.1 Å². The second-order valence-electron chi connectivity index (χ2n) is 5.99. The van der Waals surface area contributed by atoms with Crippen molar-refractivity contribution in [1.29, 1.82) is 0 Å². The van der Waals surface area contributed by atoms with E-state index in [9.17, 15) is 23.2 Å². The molecule has 9 heteroatoms. The van der Waals surface area contributed by atoms with Crippen LogP contribution in [0.5, 0.6) is 5.75 Å². The summed E-state index contributed by atoms with van der Waals surface area (Å²) in [5.74, 6) is -0.293. The highest BCUT2D eigenvalue weighted by Gasteiger charge is 2.09. The molecule has 0 saturated heterocycles. The highest BCUT2D eigenvalue weighted by atomic mass is 19.3. The van der Waals surface area contributed by atoms with Gasteiger partial charge in [0.2, 0.25) is 5.91 Å². The molecule has 1 heterocycles. The quantitative estimate of drug-likeness (QED) is 0.646. The average Bonchev–Trinajstić information content (AvgIpc) is 2.68. The molecule has 2 aromatic carbocycles. The van der Waals surface area contributed by atoms with Gasteiger partial charge < -0.3 is 10.1 Å². The minimum Gasteiger partial charge on any atom is -0.435 e. The first-order chi connectivity index (χ1) is 13.4. The fraction of sp³-hybridized carbons (Fsp3) is 0.211. The van der Waals surface area contributed by atoms with Crippen LogP contribution in [0.2, 0.25) is 0 Å². The maximum atomic E-state index is 12.4. The van der Waals surface area contributed by atoms with Gasteiger partial charge in [0.15, 0.2) is 0 Å². The normalized spacial score (nSPS) is 11.0. The van der Waals surface area contributed by atoms with E-state index in [1.54, 1.807) is 36.4 Å². The Hall–Kier alpha value is -3.49. The molecule has 0 aliphatic carbocycles. The van der Waals surface area contributed by atoms with Gasteiger partial charge in [-0.1, -0.05) is 24.3 Å². The average molecular weight is 389 g/mol. The fourth-order valence-corrected chi connectivity index (χ4v) is 2.70. The maximum absolute atomic E-state index is 12.4. The zero-order chi connectivity index (χ0) is 20.1. The minimum atomic E-state index is -2.89. The van der Waals surface area contributed by atoms with Crippen LogP contribution in [0, 0.1) is 0 Å². The third-order valence-electron chi connectivity index (χ3n) is 4.08. The van der Waals surface area contributed by atoms with Gasteiger partial charge in [0, 0.05) is 13.0 Å². The minimum absolute atomic E-state index is 0.0131. The van der Waals surface area contributed by atoms with Crippen molar-refractivity contribution in [3.8, 4) is 5.75 Å². The topological polar surface area (TPSA) is 93.2 Å². The number of halogens is 2. The molecule has 0 radical (unpaired) electrons. The lowest BCUT2D eigenvalue weighted by atomic mass is 10.2. The van der Waals surface area contributed by atoms with Gasteiger partial charge in [0.1, 0.15) is 5.75 Å². The van der Waals surface area contributed by atoms with E-state index < -0.39 is 12.2 Å². The van der Waals surface area contributed by atoms with Crippen LogP contribution in [0.25, 0.3) is 10.8 Å². The molecule has 3 rings (SSSR count). The molecule has 1 aromatic heterocycles. The van der Waals surface area contributed by atoms with Crippen LogP contribution in [0.4, 0.5) is 8.78 Å². The Morgan fingerprint density at radius 3 is 2.43 bits per heavy atom. The third-order valence-corrected chi connectivity index (χ3v) is 4.08. The van der Waals surface area contributed by atoms with Crippen LogP contribution in [-0.4, -0.2) is 22.3 Å². The molecular formula is C19H17F2N3O4. The largest absolute Gasteiger partial charge is 0.435 e. The Balaban J connectivity index is 1.57. The molecular weight excluding hydrogens is 372 g/mol. The van der Waals surface area contributed by atoms with Gasteiger partial charge in [0.05, 0.1) is 17.3 Å². The van der Waals surface area contributed by atoms with Crippen molar-refractivity contribution in [1.82, 2.24) is 15.1 Å². The van der Waals surface area contributed by atoms with Gasteiger partial charge in [-0.15, -0.1) is 0 Å². The lowest BCUT2D eigenvalue weighted by molar-refractivity contribution is -0.121. The maximum Gasteiger partial charge on any atom is 0.387 e. The first-order valence-corrected chi connectivity index (χ1v) is 8.46. The molecule has 1 amide bonds. The van der Waals surface area contributed by atoms with Crippen LogP contribution >= 0.6 is 0 Å². The predicted molar refractivity (Wildman–Crippen MR) is 98.4 cm³/mol. The van der Waals surface area contributed by atoms with Crippen molar-refractivity contribution in [3.05, 3.63) is 74.8 Å². The summed E-state index contributed by atoms with van der Waals surface area (Å²) in [6, 6.07) is 12.3. The van der Waals surface area contributed by atoms with E-state index in [0.29, 0.717) is 10.9 Å². The molecule has 0 atom stereocenters. The molecule has 0 aliphatic heterocycles. The van der Waals surface area contributed by atoms with E-state index >= 15 is 0 Å². The molecule has 0 fully saturated rings. The van der Waals surface area contributed by atoms with Gasteiger partial charge in [0.25, 0.3) is 11.1 Å². The molecule has 7 nitrogen and oxygen atoms in total. The van der Waals surface area contributed by atoms with E-state index in [0.717, 1.165) is 4.68 Å². The summed E-state index contributed by atoms with van der Waals surface area (Å²) in [6.45, 7) is -2.68. The van der Waals surface area contributed by atoms with Crippen LogP contribution in [0.3, 0.4) is 0 Å². The van der Waals surface area contributed by atoms with Gasteiger partial charge >= 0.3 is 6.61 Å². The number of hydrogen-bond acceptors (Lipinski definition) is 4. The Morgan fingerprint density at radius 1 is 1.07 bits per heavy atom. The smallest absolute Gasteiger partial charge is 0.387 e. The number of H-pyrrole nitrogens is 1. The molecule has 0 bridgehead atoms. The Kier molecular flexibility index (Phi) is 5.83. The van der Waals surface area contributed by atoms with Gasteiger partial charge in [-0.3, -0.25) is 19.5 Å². The number of alkyl halides is 2. The summed E-state index contributed by atoms with van der Waals surface area (Å²) in [7, 11) is 0. The summed E-state index contributed by atoms with van der Waals surface area (Å²) >= 11 is 0. The number of aryl methyl sites for hydroxylation is 1. The lowest BCUT2D eigenvalue weighted by Gasteiger charge is -2.09. The number of nitrogens with one attached hydrogen (secondary N) is 2. The van der Waals surface area contributed by atoms with Gasteiger partial charge in [-0.05, 0) is 29.8 Å². The third kappa shape index (κ3) is 4.61. The SMILES string of the molecule is O=C(CCn1[nH]c(=O)c2ccccc2c1=O)NCc1ccc(OC(F)F)cc1. The Labute approximate surface area is 157 Å². The standard InChI is InChI=1S/C19H17F2N3O4/c20-19(21)28-13-7-5-12(6-8-13)11-22-16(25)9-10-24-18(27)15-4-2-1-3-14(15)17(26)23-24/h1-8,19H,9-11H2,(H,22,25)(H,23,26). The van der Waals surface area contributed by atoms with Crippen LogP contribution in [0.15, 0.2) is 58.1 Å². The molecule has 146 valence electrons. The Bertz CT molecular complexity index is 1090. The number of fused-ring (bicyclic) bond motifs is 1. The molecule has 0 unspecified atom stereocenters. The predicted octanol–water partition coefficient (Wildman–Crippen LogP) is 2.00. The second-order valence-corrected chi connectivity index (χ2v) is 5.99. The zero-order valence-corrected chi connectivity index (χ0v) is 14.7. The fourth-order valence-electron chi connectivity index (χ4n) is 2.70. The molecule has 28 heavy (non-hydrogen) atoms. The molecule has 0 saturated carbocycles. The molecule has 2 N–H and O–H groups in total. The number of rotatable bonds is 7. The van der Waals surface area contributed by atoms with Crippen molar-refractivity contribution >= 4 is 16.7 Å². The van der Waals surface area contributed by atoms with Crippen molar-refractivity contribution in [2.45, 2.75) is 26.1 Å². The number of aromatic nitrogens is 2. The van der Waals surface area contributed by atoms with Crippen molar-refractivity contribution < 1.29 is 18.3 Å². The van der Waals surface area contributed by atoms with Crippen molar-refractivity contribution in [2.24, 2.45) is 0 Å². The summed E-state index contributed by atoms with van der Waals surface area (Å²) in [6.07, 6.45) is -0.0131. The molecule has 3 aromatic rings. The number of ether oxygens (including phenoxy) is 1. The van der Waals surface area contributed by atoms with E-state index in [2.05, 4.69) is 15.2 Å². The monoisotopic (exact) mass is 389 g/mol. The molecule has 0 aliphatic rings.